The number of carbonyl (C=O) groups excluding carboxylic acids is 1. The highest BCUT2D eigenvalue weighted by Gasteiger charge is 2.18. The van der Waals surface area contributed by atoms with E-state index in [0.717, 1.165) is 27.1 Å². The second kappa shape index (κ2) is 8.30. The fourth-order valence-corrected chi connectivity index (χ4v) is 2.55. The van der Waals surface area contributed by atoms with Crippen LogP contribution >= 0.6 is 15.9 Å². The standard InChI is InChI=1S/C20H23BrN2O2/c1-14(15-9-11-16(21)12-10-15)22-23-19(24)13-25-18-8-6-5-7-17(18)20(2,3)4/h5-12H,13H2,1-4H3,(H,23,24)/b22-14+. The van der Waals surface area contributed by atoms with Gasteiger partial charge in [0.1, 0.15) is 5.75 Å². The third-order valence-electron chi connectivity index (χ3n) is 3.66. The molecule has 0 saturated carbocycles. The molecule has 0 aliphatic rings. The van der Waals surface area contributed by atoms with Crippen LogP contribution < -0.4 is 10.2 Å². The van der Waals surface area contributed by atoms with Crippen LogP contribution in [0.4, 0.5) is 0 Å². The third kappa shape index (κ3) is 5.71. The number of halogens is 1. The summed E-state index contributed by atoms with van der Waals surface area (Å²) in [6.07, 6.45) is 0. The van der Waals surface area contributed by atoms with E-state index in [-0.39, 0.29) is 17.9 Å². The average Bonchev–Trinajstić information content (AvgIpc) is 2.58. The zero-order valence-electron chi connectivity index (χ0n) is 15.0. The van der Waals surface area contributed by atoms with Crippen molar-refractivity contribution in [2.45, 2.75) is 33.1 Å². The smallest absolute Gasteiger partial charge is 0.277 e. The van der Waals surface area contributed by atoms with Crippen molar-refractivity contribution in [2.75, 3.05) is 6.61 Å². The van der Waals surface area contributed by atoms with E-state index in [2.05, 4.69) is 47.2 Å². The van der Waals surface area contributed by atoms with Crippen LogP contribution in [-0.4, -0.2) is 18.2 Å². The number of hydrogen-bond donors (Lipinski definition) is 1. The van der Waals surface area contributed by atoms with Crippen LogP contribution in [-0.2, 0) is 10.2 Å². The number of nitrogens with zero attached hydrogens (tertiary/aromatic N) is 1. The van der Waals surface area contributed by atoms with Gasteiger partial charge in [-0.3, -0.25) is 4.79 Å². The Morgan fingerprint density at radius 2 is 1.76 bits per heavy atom. The van der Waals surface area contributed by atoms with E-state index >= 15 is 0 Å². The monoisotopic (exact) mass is 402 g/mol. The molecule has 0 aliphatic carbocycles. The van der Waals surface area contributed by atoms with Crippen molar-refractivity contribution < 1.29 is 9.53 Å². The lowest BCUT2D eigenvalue weighted by molar-refractivity contribution is -0.123. The Labute approximate surface area is 157 Å². The Balaban J connectivity index is 1.95. The Hall–Kier alpha value is -2.14. The van der Waals surface area contributed by atoms with Gasteiger partial charge in [-0.05, 0) is 41.7 Å². The molecule has 1 N–H and O–H groups in total. The molecular weight excluding hydrogens is 380 g/mol. The summed E-state index contributed by atoms with van der Waals surface area (Å²) in [4.78, 5) is 12.0. The number of para-hydroxylation sites is 1. The quantitative estimate of drug-likeness (QED) is 0.583. The molecular formula is C20H23BrN2O2. The zero-order chi connectivity index (χ0) is 18.4. The molecule has 132 valence electrons. The summed E-state index contributed by atoms with van der Waals surface area (Å²) in [7, 11) is 0. The van der Waals surface area contributed by atoms with E-state index in [0.29, 0.717) is 0 Å². The molecule has 0 unspecified atom stereocenters. The highest BCUT2D eigenvalue weighted by Crippen LogP contribution is 2.30. The zero-order valence-corrected chi connectivity index (χ0v) is 16.6. The molecule has 0 radical (unpaired) electrons. The minimum atomic E-state index is -0.292. The Morgan fingerprint density at radius 3 is 2.40 bits per heavy atom. The molecule has 2 aromatic rings. The van der Waals surface area contributed by atoms with Gasteiger partial charge >= 0.3 is 0 Å². The number of amides is 1. The van der Waals surface area contributed by atoms with Gasteiger partial charge in [-0.1, -0.05) is 67.0 Å². The lowest BCUT2D eigenvalue weighted by Crippen LogP contribution is -2.26. The summed E-state index contributed by atoms with van der Waals surface area (Å²) < 4.78 is 6.69. The predicted octanol–water partition coefficient (Wildman–Crippen LogP) is 4.67. The number of benzene rings is 2. The average molecular weight is 403 g/mol. The highest BCUT2D eigenvalue weighted by atomic mass is 79.9. The lowest BCUT2D eigenvalue weighted by atomic mass is 9.86. The number of carbonyl (C=O) groups is 1. The third-order valence-corrected chi connectivity index (χ3v) is 4.19. The Bertz CT molecular complexity index is 762. The SMILES string of the molecule is C/C(=N\NC(=O)COc1ccccc1C(C)(C)C)c1ccc(Br)cc1. The number of hydrogen-bond acceptors (Lipinski definition) is 3. The van der Waals surface area contributed by atoms with Gasteiger partial charge in [-0.2, -0.15) is 5.10 Å². The van der Waals surface area contributed by atoms with Gasteiger partial charge in [-0.25, -0.2) is 5.43 Å². The summed E-state index contributed by atoms with van der Waals surface area (Å²) >= 11 is 3.39. The molecule has 0 aromatic heterocycles. The van der Waals surface area contributed by atoms with Crippen LogP contribution in [0.1, 0.15) is 38.8 Å². The molecule has 5 heteroatoms. The number of ether oxygens (including phenoxy) is 1. The summed E-state index contributed by atoms with van der Waals surface area (Å²) in [5.74, 6) is 0.430. The molecule has 25 heavy (non-hydrogen) atoms. The van der Waals surface area contributed by atoms with Crippen molar-refractivity contribution in [1.29, 1.82) is 0 Å². The maximum absolute atomic E-state index is 12.0. The Kier molecular flexibility index (Phi) is 6.37. The highest BCUT2D eigenvalue weighted by molar-refractivity contribution is 9.10. The maximum atomic E-state index is 12.0. The molecule has 2 rings (SSSR count). The fraction of sp³-hybridized carbons (Fsp3) is 0.300. The predicted molar refractivity (Wildman–Crippen MR) is 105 cm³/mol. The fourth-order valence-electron chi connectivity index (χ4n) is 2.29. The van der Waals surface area contributed by atoms with Crippen LogP contribution in [0.3, 0.4) is 0 Å². The molecule has 0 aliphatic heterocycles. The van der Waals surface area contributed by atoms with E-state index in [4.69, 9.17) is 4.74 Å². The van der Waals surface area contributed by atoms with Gasteiger partial charge in [0.15, 0.2) is 6.61 Å². The summed E-state index contributed by atoms with van der Waals surface area (Å²) in [6.45, 7) is 8.10. The second-order valence-corrected chi connectivity index (χ2v) is 7.69. The van der Waals surface area contributed by atoms with Crippen LogP contribution in [0.5, 0.6) is 5.75 Å². The van der Waals surface area contributed by atoms with Crippen LogP contribution in [0.2, 0.25) is 0 Å². The minimum Gasteiger partial charge on any atom is -0.483 e. The van der Waals surface area contributed by atoms with Crippen LogP contribution in [0.15, 0.2) is 58.1 Å². The van der Waals surface area contributed by atoms with Crippen LogP contribution in [0, 0.1) is 0 Å². The van der Waals surface area contributed by atoms with E-state index in [1.54, 1.807) is 0 Å². The summed E-state index contributed by atoms with van der Waals surface area (Å²) in [5.41, 5.74) is 5.23. The van der Waals surface area contributed by atoms with Gasteiger partial charge in [0, 0.05) is 4.47 Å². The van der Waals surface area contributed by atoms with Crippen molar-refractivity contribution in [3.63, 3.8) is 0 Å². The van der Waals surface area contributed by atoms with Crippen molar-refractivity contribution in [3.05, 3.63) is 64.1 Å². The summed E-state index contributed by atoms with van der Waals surface area (Å²) in [6, 6.07) is 15.5. The minimum absolute atomic E-state index is 0.0522. The number of hydrazone groups is 1. The van der Waals surface area contributed by atoms with Crippen molar-refractivity contribution in [3.8, 4) is 5.75 Å². The van der Waals surface area contributed by atoms with Gasteiger partial charge in [-0.15, -0.1) is 0 Å². The first kappa shape index (κ1) is 19.2. The molecule has 0 spiro atoms. The molecule has 2 aromatic carbocycles. The first-order valence-corrected chi connectivity index (χ1v) is 8.88. The number of nitrogens with one attached hydrogen (secondary N) is 1. The van der Waals surface area contributed by atoms with E-state index in [1.807, 2.05) is 55.5 Å². The second-order valence-electron chi connectivity index (χ2n) is 6.77. The van der Waals surface area contributed by atoms with E-state index < -0.39 is 0 Å². The molecule has 0 heterocycles. The maximum Gasteiger partial charge on any atom is 0.277 e. The summed E-state index contributed by atoms with van der Waals surface area (Å²) in [5, 5.41) is 4.13. The largest absolute Gasteiger partial charge is 0.483 e. The van der Waals surface area contributed by atoms with Gasteiger partial charge in [0.25, 0.3) is 5.91 Å². The lowest BCUT2D eigenvalue weighted by Gasteiger charge is -2.22. The molecule has 0 saturated heterocycles. The molecule has 0 atom stereocenters. The molecule has 0 fully saturated rings. The van der Waals surface area contributed by atoms with Gasteiger partial charge < -0.3 is 4.74 Å². The van der Waals surface area contributed by atoms with Gasteiger partial charge in [0.05, 0.1) is 5.71 Å². The normalized spacial score (nSPS) is 12.0. The van der Waals surface area contributed by atoms with Crippen molar-refractivity contribution in [2.24, 2.45) is 5.10 Å². The van der Waals surface area contributed by atoms with Crippen LogP contribution in [0.25, 0.3) is 0 Å². The van der Waals surface area contributed by atoms with Gasteiger partial charge in [0.2, 0.25) is 0 Å². The number of rotatable bonds is 5. The van der Waals surface area contributed by atoms with Crippen molar-refractivity contribution >= 4 is 27.5 Å². The topological polar surface area (TPSA) is 50.7 Å². The van der Waals surface area contributed by atoms with Crippen molar-refractivity contribution in [1.82, 2.24) is 5.43 Å². The molecule has 4 nitrogen and oxygen atoms in total. The molecule has 0 bridgehead atoms. The first-order chi connectivity index (χ1) is 11.8. The Morgan fingerprint density at radius 1 is 1.12 bits per heavy atom. The molecule has 1 amide bonds. The van der Waals surface area contributed by atoms with E-state index in [9.17, 15) is 4.79 Å². The first-order valence-electron chi connectivity index (χ1n) is 8.09. The van der Waals surface area contributed by atoms with E-state index in [1.165, 1.54) is 0 Å².